The van der Waals surface area contributed by atoms with Gasteiger partial charge in [-0.1, -0.05) is 18.2 Å². The number of benzene rings is 1. The first-order chi connectivity index (χ1) is 9.74. The van der Waals surface area contributed by atoms with Crippen LogP contribution in [0.25, 0.3) is 0 Å². The van der Waals surface area contributed by atoms with Crippen LogP contribution >= 0.6 is 0 Å². The van der Waals surface area contributed by atoms with Crippen molar-refractivity contribution in [1.82, 2.24) is 10.6 Å². The molecular weight excluding hydrogens is 256 g/mol. The molecule has 0 spiro atoms. The first-order valence-electron chi connectivity index (χ1n) is 7.17. The number of carbonyl (C=O) groups excluding carboxylic acids is 1. The van der Waals surface area contributed by atoms with Gasteiger partial charge in [-0.05, 0) is 25.3 Å². The molecule has 108 valence electrons. The summed E-state index contributed by atoms with van der Waals surface area (Å²) in [6.45, 7) is 1.17. The molecule has 2 aliphatic rings. The monoisotopic (exact) mass is 276 g/mol. The van der Waals surface area contributed by atoms with E-state index < -0.39 is 6.10 Å². The number of carbonyl (C=O) groups is 1. The number of nitrogens with one attached hydrogen (secondary N) is 2. The molecular formula is C15H20N2O3. The first kappa shape index (κ1) is 13.4. The zero-order valence-corrected chi connectivity index (χ0v) is 11.3. The number of hydrogen-bond donors (Lipinski definition) is 3. The van der Waals surface area contributed by atoms with Crippen LogP contribution in [0.5, 0.6) is 5.75 Å². The van der Waals surface area contributed by atoms with E-state index in [4.69, 9.17) is 4.74 Å². The van der Waals surface area contributed by atoms with Crippen molar-refractivity contribution in [3.63, 3.8) is 0 Å². The Labute approximate surface area is 118 Å². The highest BCUT2D eigenvalue weighted by atomic mass is 16.5. The SMILES string of the molecule is O=C(NC1CCCOc2ccccc21)C1CC(O)CN1. The van der Waals surface area contributed by atoms with Crippen molar-refractivity contribution in [2.24, 2.45) is 0 Å². The lowest BCUT2D eigenvalue weighted by molar-refractivity contribution is -0.123. The van der Waals surface area contributed by atoms with E-state index in [1.165, 1.54) is 0 Å². The number of ether oxygens (including phenoxy) is 1. The maximum atomic E-state index is 12.3. The minimum absolute atomic E-state index is 0.0132. The molecule has 2 heterocycles. The molecule has 1 fully saturated rings. The second kappa shape index (κ2) is 5.81. The molecule has 1 aromatic rings. The average Bonchev–Trinajstić information content (AvgIpc) is 2.79. The molecule has 20 heavy (non-hydrogen) atoms. The van der Waals surface area contributed by atoms with Crippen LogP contribution in [-0.4, -0.2) is 36.3 Å². The summed E-state index contributed by atoms with van der Waals surface area (Å²) in [5.41, 5.74) is 1.04. The summed E-state index contributed by atoms with van der Waals surface area (Å²) >= 11 is 0. The van der Waals surface area contributed by atoms with Crippen molar-refractivity contribution in [2.45, 2.75) is 37.5 Å². The second-order valence-electron chi connectivity index (χ2n) is 5.44. The third-order valence-corrected chi connectivity index (χ3v) is 3.93. The van der Waals surface area contributed by atoms with E-state index in [-0.39, 0.29) is 18.0 Å². The summed E-state index contributed by atoms with van der Waals surface area (Å²) < 4.78 is 5.70. The molecule has 0 radical (unpaired) electrons. The van der Waals surface area contributed by atoms with Crippen molar-refractivity contribution >= 4 is 5.91 Å². The van der Waals surface area contributed by atoms with E-state index >= 15 is 0 Å². The lowest BCUT2D eigenvalue weighted by Gasteiger charge is -2.20. The quantitative estimate of drug-likeness (QED) is 0.745. The van der Waals surface area contributed by atoms with Crippen LogP contribution in [0.2, 0.25) is 0 Å². The van der Waals surface area contributed by atoms with Gasteiger partial charge in [0.25, 0.3) is 0 Å². The van der Waals surface area contributed by atoms with Crippen LogP contribution in [0.4, 0.5) is 0 Å². The highest BCUT2D eigenvalue weighted by molar-refractivity contribution is 5.82. The van der Waals surface area contributed by atoms with Gasteiger partial charge in [-0.15, -0.1) is 0 Å². The summed E-state index contributed by atoms with van der Waals surface area (Å²) in [7, 11) is 0. The normalized spacial score (nSPS) is 29.1. The van der Waals surface area contributed by atoms with E-state index in [0.29, 0.717) is 19.6 Å². The fraction of sp³-hybridized carbons (Fsp3) is 0.533. The van der Waals surface area contributed by atoms with Crippen LogP contribution in [0.15, 0.2) is 24.3 Å². The smallest absolute Gasteiger partial charge is 0.237 e. The summed E-state index contributed by atoms with van der Waals surface area (Å²) in [6.07, 6.45) is 1.85. The highest BCUT2D eigenvalue weighted by Crippen LogP contribution is 2.31. The van der Waals surface area contributed by atoms with Crippen molar-refractivity contribution in [3.8, 4) is 5.75 Å². The van der Waals surface area contributed by atoms with Gasteiger partial charge < -0.3 is 20.5 Å². The van der Waals surface area contributed by atoms with Gasteiger partial charge in [0.2, 0.25) is 5.91 Å². The molecule has 1 amide bonds. The molecule has 5 heteroatoms. The lowest BCUT2D eigenvalue weighted by atomic mass is 10.0. The molecule has 0 saturated carbocycles. The number of fused-ring (bicyclic) bond motifs is 1. The van der Waals surface area contributed by atoms with Gasteiger partial charge in [-0.3, -0.25) is 4.79 Å². The lowest BCUT2D eigenvalue weighted by Crippen LogP contribution is -2.42. The Hall–Kier alpha value is -1.59. The van der Waals surface area contributed by atoms with E-state index in [0.717, 1.165) is 24.2 Å². The maximum absolute atomic E-state index is 12.3. The molecule has 0 bridgehead atoms. The minimum Gasteiger partial charge on any atom is -0.493 e. The Kier molecular flexibility index (Phi) is 3.89. The predicted molar refractivity (Wildman–Crippen MR) is 74.5 cm³/mol. The van der Waals surface area contributed by atoms with Crippen LogP contribution in [0.1, 0.15) is 30.9 Å². The third-order valence-electron chi connectivity index (χ3n) is 3.93. The van der Waals surface area contributed by atoms with Gasteiger partial charge in [-0.2, -0.15) is 0 Å². The van der Waals surface area contributed by atoms with E-state index in [1.54, 1.807) is 0 Å². The zero-order chi connectivity index (χ0) is 13.9. The minimum atomic E-state index is -0.421. The van der Waals surface area contributed by atoms with Gasteiger partial charge in [-0.25, -0.2) is 0 Å². The number of aliphatic hydroxyl groups is 1. The highest BCUT2D eigenvalue weighted by Gasteiger charge is 2.30. The number of aliphatic hydroxyl groups excluding tert-OH is 1. The standard InChI is InChI=1S/C15H20N2O3/c18-10-8-13(16-9-10)15(19)17-12-5-3-7-20-14-6-2-1-4-11(12)14/h1-2,4,6,10,12-13,16,18H,3,5,7-9H2,(H,17,19). The van der Waals surface area contributed by atoms with Crippen LogP contribution in [0, 0.1) is 0 Å². The topological polar surface area (TPSA) is 70.6 Å². The molecule has 1 aromatic carbocycles. The van der Waals surface area contributed by atoms with E-state index in [2.05, 4.69) is 10.6 Å². The molecule has 2 aliphatic heterocycles. The summed E-state index contributed by atoms with van der Waals surface area (Å²) in [5, 5.41) is 15.6. The van der Waals surface area contributed by atoms with Crippen molar-refractivity contribution in [2.75, 3.05) is 13.2 Å². The van der Waals surface area contributed by atoms with Crippen LogP contribution in [0.3, 0.4) is 0 Å². The maximum Gasteiger partial charge on any atom is 0.237 e. The van der Waals surface area contributed by atoms with Crippen molar-refractivity contribution < 1.29 is 14.6 Å². The molecule has 3 rings (SSSR count). The Balaban J connectivity index is 1.72. The van der Waals surface area contributed by atoms with E-state index in [1.807, 2.05) is 24.3 Å². The number of rotatable bonds is 2. The Bertz CT molecular complexity index is 492. The molecule has 5 nitrogen and oxygen atoms in total. The Morgan fingerprint density at radius 3 is 3.05 bits per heavy atom. The number of para-hydroxylation sites is 1. The summed E-state index contributed by atoms with van der Waals surface area (Å²) in [4.78, 5) is 12.3. The predicted octanol–water partition coefficient (Wildman–Crippen LogP) is 0.739. The molecule has 3 atom stereocenters. The van der Waals surface area contributed by atoms with Gasteiger partial charge in [0.05, 0.1) is 24.8 Å². The Morgan fingerprint density at radius 2 is 2.25 bits per heavy atom. The van der Waals surface area contributed by atoms with Crippen LogP contribution in [-0.2, 0) is 4.79 Å². The van der Waals surface area contributed by atoms with Crippen molar-refractivity contribution in [3.05, 3.63) is 29.8 Å². The molecule has 3 N–H and O–H groups in total. The number of hydrogen-bond acceptors (Lipinski definition) is 4. The number of β-amino-alcohol motifs (C(OH)–C–C–N with tert-alkyl or cyclic N) is 1. The van der Waals surface area contributed by atoms with Gasteiger partial charge in [0.15, 0.2) is 0 Å². The third kappa shape index (κ3) is 2.78. The molecule has 0 aliphatic carbocycles. The molecule has 3 unspecified atom stereocenters. The average molecular weight is 276 g/mol. The molecule has 0 aromatic heterocycles. The summed E-state index contributed by atoms with van der Waals surface area (Å²) in [6, 6.07) is 7.55. The largest absolute Gasteiger partial charge is 0.493 e. The Morgan fingerprint density at radius 1 is 1.40 bits per heavy atom. The number of amides is 1. The van der Waals surface area contributed by atoms with Gasteiger partial charge in [0.1, 0.15) is 5.75 Å². The second-order valence-corrected chi connectivity index (χ2v) is 5.44. The van der Waals surface area contributed by atoms with Crippen molar-refractivity contribution in [1.29, 1.82) is 0 Å². The first-order valence-corrected chi connectivity index (χ1v) is 7.17. The zero-order valence-electron chi connectivity index (χ0n) is 11.3. The molecule has 1 saturated heterocycles. The van der Waals surface area contributed by atoms with Crippen LogP contribution < -0.4 is 15.4 Å². The van der Waals surface area contributed by atoms with E-state index in [9.17, 15) is 9.90 Å². The van der Waals surface area contributed by atoms with Gasteiger partial charge >= 0.3 is 0 Å². The fourth-order valence-electron chi connectivity index (χ4n) is 2.86. The fourth-order valence-corrected chi connectivity index (χ4v) is 2.86. The summed E-state index contributed by atoms with van der Waals surface area (Å²) in [5.74, 6) is 0.818. The van der Waals surface area contributed by atoms with Gasteiger partial charge in [0, 0.05) is 12.1 Å².